The van der Waals surface area contributed by atoms with E-state index < -0.39 is 27.9 Å². The Bertz CT molecular complexity index is 698. The predicted molar refractivity (Wildman–Crippen MR) is 78.3 cm³/mol. The molecule has 9 nitrogen and oxygen atoms in total. The van der Waals surface area contributed by atoms with Crippen LogP contribution in [0.5, 0.6) is 0 Å². The number of sulfonamides is 1. The molecule has 0 aliphatic carbocycles. The molecule has 1 saturated heterocycles. The number of aromatic nitrogens is 2. The van der Waals surface area contributed by atoms with Crippen LogP contribution in [0.25, 0.3) is 0 Å². The number of H-pyrrole nitrogens is 1. The molecular weight excluding hydrogens is 326 g/mol. The largest absolute Gasteiger partial charge is 0.481 e. The van der Waals surface area contributed by atoms with Crippen LogP contribution in [0.1, 0.15) is 37.0 Å². The van der Waals surface area contributed by atoms with Gasteiger partial charge in [-0.15, -0.1) is 0 Å². The number of carbonyl (C=O) groups excluding carboxylic acids is 1. The van der Waals surface area contributed by atoms with Crippen LogP contribution >= 0.6 is 0 Å². The Labute approximate surface area is 133 Å². The van der Waals surface area contributed by atoms with Crippen LogP contribution in [-0.2, 0) is 19.6 Å². The molecule has 1 aliphatic heterocycles. The van der Waals surface area contributed by atoms with Crippen LogP contribution in [-0.4, -0.2) is 59.2 Å². The highest BCUT2D eigenvalue weighted by Crippen LogP contribution is 2.29. The van der Waals surface area contributed by atoms with Crippen molar-refractivity contribution in [2.45, 2.75) is 37.8 Å². The standard InChI is InChI=1S/C13H19N3O6S/c1-3-22-13(19)10-6-14-15-11(10)23(20,21)16-7-9(12(17)18)5-4-8(16)2/h6,8-9H,3-5,7H2,1-2H3,(H,14,15)(H,17,18). The number of rotatable bonds is 5. The van der Waals surface area contributed by atoms with E-state index in [0.29, 0.717) is 12.8 Å². The normalized spacial score (nSPS) is 22.7. The van der Waals surface area contributed by atoms with E-state index in [-0.39, 0.29) is 29.8 Å². The molecule has 2 heterocycles. The first-order chi connectivity index (χ1) is 10.8. The van der Waals surface area contributed by atoms with Crippen molar-refractivity contribution in [3.05, 3.63) is 11.8 Å². The van der Waals surface area contributed by atoms with Gasteiger partial charge in [-0.05, 0) is 26.7 Å². The third-order valence-corrected chi connectivity index (χ3v) is 5.79. The van der Waals surface area contributed by atoms with E-state index in [1.54, 1.807) is 13.8 Å². The monoisotopic (exact) mass is 345 g/mol. The zero-order chi connectivity index (χ0) is 17.2. The van der Waals surface area contributed by atoms with E-state index in [2.05, 4.69) is 10.2 Å². The number of aromatic amines is 1. The number of carboxylic acids is 1. The topological polar surface area (TPSA) is 130 Å². The highest BCUT2D eigenvalue weighted by Gasteiger charge is 2.40. The summed E-state index contributed by atoms with van der Waals surface area (Å²) >= 11 is 0. The number of hydrogen-bond acceptors (Lipinski definition) is 6. The third-order valence-electron chi connectivity index (χ3n) is 3.84. The zero-order valence-corrected chi connectivity index (χ0v) is 13.7. The number of carbonyl (C=O) groups is 2. The van der Waals surface area contributed by atoms with Gasteiger partial charge in [-0.25, -0.2) is 13.2 Å². The second-order valence-corrected chi connectivity index (χ2v) is 7.20. The van der Waals surface area contributed by atoms with Gasteiger partial charge in [0.05, 0.1) is 18.7 Å². The molecule has 1 fully saturated rings. The molecule has 1 aliphatic rings. The zero-order valence-electron chi connectivity index (χ0n) is 12.9. The lowest BCUT2D eigenvalue weighted by Gasteiger charge is -2.35. The number of piperidine rings is 1. The van der Waals surface area contributed by atoms with Gasteiger partial charge >= 0.3 is 11.9 Å². The van der Waals surface area contributed by atoms with E-state index >= 15 is 0 Å². The summed E-state index contributed by atoms with van der Waals surface area (Å²) in [6.45, 7) is 3.27. The van der Waals surface area contributed by atoms with Crippen molar-refractivity contribution < 1.29 is 27.9 Å². The minimum absolute atomic E-state index is 0.102. The van der Waals surface area contributed by atoms with E-state index in [1.165, 1.54) is 0 Å². The summed E-state index contributed by atoms with van der Waals surface area (Å²) in [5.74, 6) is -2.60. The van der Waals surface area contributed by atoms with Crippen molar-refractivity contribution in [2.75, 3.05) is 13.2 Å². The van der Waals surface area contributed by atoms with E-state index in [1.807, 2.05) is 0 Å². The molecule has 0 bridgehead atoms. The molecule has 0 amide bonds. The van der Waals surface area contributed by atoms with E-state index in [0.717, 1.165) is 10.5 Å². The molecule has 2 atom stereocenters. The fourth-order valence-electron chi connectivity index (χ4n) is 2.55. The van der Waals surface area contributed by atoms with Crippen LogP contribution in [0.3, 0.4) is 0 Å². The van der Waals surface area contributed by atoms with Crippen molar-refractivity contribution in [1.29, 1.82) is 0 Å². The maximum Gasteiger partial charge on any atom is 0.342 e. The van der Waals surface area contributed by atoms with Gasteiger partial charge in [-0.1, -0.05) is 0 Å². The van der Waals surface area contributed by atoms with Gasteiger partial charge in [0.2, 0.25) is 0 Å². The Balaban J connectivity index is 2.36. The highest BCUT2D eigenvalue weighted by atomic mass is 32.2. The van der Waals surface area contributed by atoms with Crippen molar-refractivity contribution >= 4 is 22.0 Å². The van der Waals surface area contributed by atoms with Crippen molar-refractivity contribution in [1.82, 2.24) is 14.5 Å². The first kappa shape index (κ1) is 17.4. The number of carboxylic acid groups (broad SMARTS) is 1. The molecule has 2 unspecified atom stereocenters. The SMILES string of the molecule is CCOC(=O)c1cn[nH]c1S(=O)(=O)N1CC(C(=O)O)CCC1C. The molecule has 0 radical (unpaired) electrons. The summed E-state index contributed by atoms with van der Waals surface area (Å²) in [5, 5.41) is 14.7. The molecule has 128 valence electrons. The Morgan fingerprint density at radius 2 is 2.17 bits per heavy atom. The first-order valence-corrected chi connectivity index (χ1v) is 8.68. The Morgan fingerprint density at radius 3 is 2.78 bits per heavy atom. The molecular formula is C13H19N3O6S. The molecule has 10 heteroatoms. The van der Waals surface area contributed by atoms with Crippen molar-refractivity contribution in [3.8, 4) is 0 Å². The number of esters is 1. The fraction of sp³-hybridized carbons (Fsp3) is 0.615. The van der Waals surface area contributed by atoms with Gasteiger partial charge in [0.25, 0.3) is 10.0 Å². The summed E-state index contributed by atoms with van der Waals surface area (Å²) in [7, 11) is -4.08. The van der Waals surface area contributed by atoms with Gasteiger partial charge in [-0.3, -0.25) is 9.89 Å². The second-order valence-electron chi connectivity index (χ2n) is 5.37. The van der Waals surface area contributed by atoms with Crippen LogP contribution < -0.4 is 0 Å². The molecule has 2 rings (SSSR count). The summed E-state index contributed by atoms with van der Waals surface area (Å²) in [6.07, 6.45) is 1.93. The van der Waals surface area contributed by atoms with Crippen LogP contribution in [0, 0.1) is 5.92 Å². The summed E-state index contributed by atoms with van der Waals surface area (Å²) in [5.41, 5.74) is -0.184. The predicted octanol–water partition coefficient (Wildman–Crippen LogP) is 0.460. The first-order valence-electron chi connectivity index (χ1n) is 7.24. The summed E-state index contributed by atoms with van der Waals surface area (Å²) in [4.78, 5) is 23.0. The van der Waals surface area contributed by atoms with Crippen LogP contribution in [0.15, 0.2) is 11.2 Å². The quantitative estimate of drug-likeness (QED) is 0.741. The average molecular weight is 345 g/mol. The van der Waals surface area contributed by atoms with E-state index in [4.69, 9.17) is 9.84 Å². The van der Waals surface area contributed by atoms with E-state index in [9.17, 15) is 18.0 Å². The van der Waals surface area contributed by atoms with Crippen molar-refractivity contribution in [2.24, 2.45) is 5.92 Å². The minimum atomic E-state index is -4.08. The number of aliphatic carboxylic acids is 1. The number of hydrogen-bond donors (Lipinski definition) is 2. The molecule has 1 aromatic heterocycles. The maximum atomic E-state index is 12.8. The molecule has 1 aromatic rings. The summed E-state index contributed by atoms with van der Waals surface area (Å²) in [6, 6.07) is -0.367. The smallest absolute Gasteiger partial charge is 0.342 e. The number of nitrogens with one attached hydrogen (secondary N) is 1. The lowest BCUT2D eigenvalue weighted by molar-refractivity contribution is -0.143. The highest BCUT2D eigenvalue weighted by molar-refractivity contribution is 7.89. The van der Waals surface area contributed by atoms with Gasteiger partial charge in [0.1, 0.15) is 5.56 Å². The molecule has 2 N–H and O–H groups in total. The van der Waals surface area contributed by atoms with Crippen LogP contribution in [0.4, 0.5) is 0 Å². The van der Waals surface area contributed by atoms with Gasteiger partial charge in [0, 0.05) is 12.6 Å². The lowest BCUT2D eigenvalue weighted by atomic mass is 9.96. The maximum absolute atomic E-state index is 12.8. The van der Waals surface area contributed by atoms with Gasteiger partial charge in [0.15, 0.2) is 5.03 Å². The third kappa shape index (κ3) is 3.37. The number of ether oxygens (including phenoxy) is 1. The summed E-state index contributed by atoms with van der Waals surface area (Å²) < 4.78 is 31.5. The fourth-order valence-corrected chi connectivity index (χ4v) is 4.33. The Morgan fingerprint density at radius 1 is 1.48 bits per heavy atom. The van der Waals surface area contributed by atoms with Gasteiger partial charge in [-0.2, -0.15) is 9.40 Å². The lowest BCUT2D eigenvalue weighted by Crippen LogP contribution is -2.47. The van der Waals surface area contributed by atoms with Crippen LogP contribution in [0.2, 0.25) is 0 Å². The second kappa shape index (κ2) is 6.67. The number of nitrogens with zero attached hydrogens (tertiary/aromatic N) is 2. The average Bonchev–Trinajstić information content (AvgIpc) is 2.97. The Kier molecular flexibility index (Phi) is 5.05. The van der Waals surface area contributed by atoms with Gasteiger partial charge < -0.3 is 9.84 Å². The molecule has 0 aromatic carbocycles. The minimum Gasteiger partial charge on any atom is -0.481 e. The molecule has 23 heavy (non-hydrogen) atoms. The van der Waals surface area contributed by atoms with Crippen molar-refractivity contribution in [3.63, 3.8) is 0 Å². The molecule has 0 spiro atoms. The Hall–Kier alpha value is -1.94. The molecule has 0 saturated carbocycles.